The van der Waals surface area contributed by atoms with E-state index >= 15 is 0 Å². The topological polar surface area (TPSA) is 32.3 Å². The predicted octanol–water partition coefficient (Wildman–Crippen LogP) is 2.66. The Labute approximate surface area is 117 Å². The highest BCUT2D eigenvalue weighted by molar-refractivity contribution is 9.10. The monoisotopic (exact) mass is 310 g/mol. The summed E-state index contributed by atoms with van der Waals surface area (Å²) in [4.78, 5) is 14.5. The van der Waals surface area contributed by atoms with Gasteiger partial charge in [0.05, 0.1) is 5.56 Å². The second-order valence-corrected chi connectivity index (χ2v) is 5.47. The van der Waals surface area contributed by atoms with Gasteiger partial charge in [0.15, 0.2) is 0 Å². The molecule has 18 heavy (non-hydrogen) atoms. The summed E-state index contributed by atoms with van der Waals surface area (Å²) in [5.74, 6) is 0.00503. The average Bonchev–Trinajstić information content (AvgIpc) is 2.84. The van der Waals surface area contributed by atoms with Gasteiger partial charge in [-0.15, -0.1) is 0 Å². The molecule has 98 valence electrons. The largest absolute Gasteiger partial charge is 0.350 e. The molecule has 1 amide bonds. The number of hydrogen-bond acceptors (Lipinski definition) is 2. The SMILES string of the molecule is CCN1CCC[C@H]1CNC(=O)c1ccccc1Br. The zero-order valence-corrected chi connectivity index (χ0v) is 12.2. The first-order valence-electron chi connectivity index (χ1n) is 6.49. The van der Waals surface area contributed by atoms with Crippen LogP contribution in [0.25, 0.3) is 0 Å². The van der Waals surface area contributed by atoms with E-state index in [0.29, 0.717) is 11.6 Å². The lowest BCUT2D eigenvalue weighted by molar-refractivity contribution is 0.0940. The normalized spacial score (nSPS) is 20.0. The molecule has 0 spiro atoms. The van der Waals surface area contributed by atoms with E-state index in [1.54, 1.807) is 0 Å². The smallest absolute Gasteiger partial charge is 0.252 e. The summed E-state index contributed by atoms with van der Waals surface area (Å²) in [6.07, 6.45) is 2.42. The van der Waals surface area contributed by atoms with Gasteiger partial charge < -0.3 is 5.32 Å². The number of hydrogen-bond donors (Lipinski definition) is 1. The van der Waals surface area contributed by atoms with E-state index in [0.717, 1.165) is 24.1 Å². The van der Waals surface area contributed by atoms with Crippen LogP contribution in [-0.4, -0.2) is 36.5 Å². The predicted molar refractivity (Wildman–Crippen MR) is 76.7 cm³/mol. The number of likely N-dealkylation sites (tertiary alicyclic amines) is 1. The molecule has 3 nitrogen and oxygen atoms in total. The number of carbonyl (C=O) groups is 1. The summed E-state index contributed by atoms with van der Waals surface area (Å²) in [6.45, 7) is 5.14. The van der Waals surface area contributed by atoms with E-state index < -0.39 is 0 Å². The Morgan fingerprint density at radius 1 is 1.50 bits per heavy atom. The maximum Gasteiger partial charge on any atom is 0.252 e. The summed E-state index contributed by atoms with van der Waals surface area (Å²) < 4.78 is 0.848. The van der Waals surface area contributed by atoms with Crippen molar-refractivity contribution in [2.24, 2.45) is 0 Å². The van der Waals surface area contributed by atoms with Crippen LogP contribution in [-0.2, 0) is 0 Å². The zero-order valence-electron chi connectivity index (χ0n) is 10.7. The Kier molecular flexibility index (Phi) is 4.78. The second kappa shape index (κ2) is 6.34. The molecule has 1 saturated heterocycles. The lowest BCUT2D eigenvalue weighted by Gasteiger charge is -2.22. The van der Waals surface area contributed by atoms with Crippen molar-refractivity contribution >= 4 is 21.8 Å². The number of rotatable bonds is 4. The van der Waals surface area contributed by atoms with Gasteiger partial charge in [-0.05, 0) is 54.0 Å². The molecule has 0 unspecified atom stereocenters. The maximum atomic E-state index is 12.1. The fraction of sp³-hybridized carbons (Fsp3) is 0.500. The van der Waals surface area contributed by atoms with Crippen LogP contribution in [0.4, 0.5) is 0 Å². The first-order valence-corrected chi connectivity index (χ1v) is 7.28. The minimum absolute atomic E-state index is 0.00503. The minimum Gasteiger partial charge on any atom is -0.350 e. The number of nitrogens with one attached hydrogen (secondary N) is 1. The molecule has 4 heteroatoms. The molecule has 1 N–H and O–H groups in total. The third-order valence-electron chi connectivity index (χ3n) is 3.52. The van der Waals surface area contributed by atoms with Gasteiger partial charge in [0.1, 0.15) is 0 Å². The Morgan fingerprint density at radius 2 is 2.28 bits per heavy atom. The molecule has 0 bridgehead atoms. The molecular weight excluding hydrogens is 292 g/mol. The van der Waals surface area contributed by atoms with Gasteiger partial charge in [0, 0.05) is 17.1 Å². The molecule has 0 saturated carbocycles. The minimum atomic E-state index is 0.00503. The fourth-order valence-corrected chi connectivity index (χ4v) is 2.96. The average molecular weight is 311 g/mol. The summed E-state index contributed by atoms with van der Waals surface area (Å²) >= 11 is 3.40. The van der Waals surface area contributed by atoms with Crippen molar-refractivity contribution in [3.05, 3.63) is 34.3 Å². The van der Waals surface area contributed by atoms with Gasteiger partial charge in [0.2, 0.25) is 0 Å². The van der Waals surface area contributed by atoms with Crippen molar-refractivity contribution < 1.29 is 4.79 Å². The van der Waals surface area contributed by atoms with Crippen LogP contribution >= 0.6 is 15.9 Å². The molecule has 1 fully saturated rings. The van der Waals surface area contributed by atoms with Crippen molar-refractivity contribution in [3.63, 3.8) is 0 Å². The lowest BCUT2D eigenvalue weighted by Crippen LogP contribution is -2.40. The highest BCUT2D eigenvalue weighted by Gasteiger charge is 2.23. The Hall–Kier alpha value is -0.870. The Bertz CT molecular complexity index is 422. The molecule has 1 atom stereocenters. The third kappa shape index (κ3) is 3.12. The van der Waals surface area contributed by atoms with Crippen LogP contribution in [0.15, 0.2) is 28.7 Å². The maximum absolute atomic E-state index is 12.1. The quantitative estimate of drug-likeness (QED) is 0.927. The molecule has 0 radical (unpaired) electrons. The lowest BCUT2D eigenvalue weighted by atomic mass is 10.2. The van der Waals surface area contributed by atoms with Gasteiger partial charge in [-0.1, -0.05) is 19.1 Å². The van der Waals surface area contributed by atoms with Gasteiger partial charge in [-0.3, -0.25) is 9.69 Å². The summed E-state index contributed by atoms with van der Waals surface area (Å²) in [5.41, 5.74) is 0.707. The number of benzene rings is 1. The molecule has 2 rings (SSSR count). The van der Waals surface area contributed by atoms with Crippen molar-refractivity contribution in [2.45, 2.75) is 25.8 Å². The highest BCUT2D eigenvalue weighted by Crippen LogP contribution is 2.17. The number of amides is 1. The van der Waals surface area contributed by atoms with Gasteiger partial charge in [-0.25, -0.2) is 0 Å². The number of nitrogens with zero attached hydrogens (tertiary/aromatic N) is 1. The van der Waals surface area contributed by atoms with Gasteiger partial charge >= 0.3 is 0 Å². The van der Waals surface area contributed by atoms with E-state index in [9.17, 15) is 4.79 Å². The van der Waals surface area contributed by atoms with Crippen molar-refractivity contribution in [1.29, 1.82) is 0 Å². The zero-order chi connectivity index (χ0) is 13.0. The Balaban J connectivity index is 1.91. The van der Waals surface area contributed by atoms with E-state index in [2.05, 4.69) is 33.1 Å². The van der Waals surface area contributed by atoms with E-state index in [1.165, 1.54) is 12.8 Å². The molecule has 1 aromatic rings. The molecule has 0 aromatic heterocycles. The third-order valence-corrected chi connectivity index (χ3v) is 4.21. The number of halogens is 1. The first kappa shape index (κ1) is 13.6. The summed E-state index contributed by atoms with van der Waals surface area (Å²) in [7, 11) is 0. The van der Waals surface area contributed by atoms with Crippen LogP contribution in [0.1, 0.15) is 30.1 Å². The van der Waals surface area contributed by atoms with Crippen LogP contribution in [0.5, 0.6) is 0 Å². The van der Waals surface area contributed by atoms with Crippen molar-refractivity contribution in [2.75, 3.05) is 19.6 Å². The van der Waals surface area contributed by atoms with Crippen molar-refractivity contribution in [3.8, 4) is 0 Å². The number of likely N-dealkylation sites (N-methyl/N-ethyl adjacent to an activating group) is 1. The van der Waals surface area contributed by atoms with Crippen LogP contribution < -0.4 is 5.32 Å². The van der Waals surface area contributed by atoms with E-state index in [4.69, 9.17) is 0 Å². The van der Waals surface area contributed by atoms with Gasteiger partial charge in [-0.2, -0.15) is 0 Å². The van der Waals surface area contributed by atoms with Crippen LogP contribution in [0, 0.1) is 0 Å². The van der Waals surface area contributed by atoms with Crippen LogP contribution in [0.2, 0.25) is 0 Å². The molecule has 1 aromatic carbocycles. The Morgan fingerprint density at radius 3 is 3.00 bits per heavy atom. The summed E-state index contributed by atoms with van der Waals surface area (Å²) in [5, 5.41) is 3.04. The van der Waals surface area contributed by atoms with Crippen LogP contribution in [0.3, 0.4) is 0 Å². The second-order valence-electron chi connectivity index (χ2n) is 4.61. The molecule has 1 heterocycles. The fourth-order valence-electron chi connectivity index (χ4n) is 2.49. The van der Waals surface area contributed by atoms with E-state index in [1.807, 2.05) is 24.3 Å². The summed E-state index contributed by atoms with van der Waals surface area (Å²) in [6, 6.07) is 8.03. The van der Waals surface area contributed by atoms with Gasteiger partial charge in [0.25, 0.3) is 5.91 Å². The van der Waals surface area contributed by atoms with E-state index in [-0.39, 0.29) is 5.91 Å². The highest BCUT2D eigenvalue weighted by atomic mass is 79.9. The standard InChI is InChI=1S/C14H19BrN2O/c1-2-17-9-5-6-11(17)10-16-14(18)12-7-3-4-8-13(12)15/h3-4,7-8,11H,2,5-6,9-10H2,1H3,(H,16,18)/t11-/m0/s1. The molecule has 0 aliphatic carbocycles. The molecule has 1 aliphatic rings. The molecule has 1 aliphatic heterocycles. The number of carbonyl (C=O) groups excluding carboxylic acids is 1. The molecular formula is C14H19BrN2O. The first-order chi connectivity index (χ1) is 8.72. The van der Waals surface area contributed by atoms with Crippen molar-refractivity contribution in [1.82, 2.24) is 10.2 Å².